The third-order valence-corrected chi connectivity index (χ3v) is 6.25. The zero-order valence-corrected chi connectivity index (χ0v) is 17.1. The van der Waals surface area contributed by atoms with Crippen molar-refractivity contribution in [2.75, 3.05) is 38.2 Å². The number of H-pyrrole nitrogens is 1. The van der Waals surface area contributed by atoms with E-state index in [0.29, 0.717) is 13.2 Å². The predicted molar refractivity (Wildman–Crippen MR) is 107 cm³/mol. The molecule has 0 spiro atoms. The SMILES string of the molecule is CCOc1ccc(NC(=O)Cn2ccc(=O)[nH]c2=O)cc1S(=O)(=O)N1CCOCC1. The molecule has 2 aromatic rings. The minimum atomic E-state index is -3.86. The van der Waals surface area contributed by atoms with Crippen LogP contribution in [-0.4, -0.2) is 61.1 Å². The molecular weight excluding hydrogens is 416 g/mol. The van der Waals surface area contributed by atoms with E-state index in [4.69, 9.17) is 9.47 Å². The number of benzene rings is 1. The maximum absolute atomic E-state index is 13.1. The molecule has 1 amide bonds. The second-order valence-corrected chi connectivity index (χ2v) is 8.30. The van der Waals surface area contributed by atoms with Gasteiger partial charge in [0.05, 0.1) is 19.8 Å². The van der Waals surface area contributed by atoms with Crippen LogP contribution in [0.3, 0.4) is 0 Å². The van der Waals surface area contributed by atoms with E-state index in [9.17, 15) is 22.8 Å². The van der Waals surface area contributed by atoms with E-state index in [2.05, 4.69) is 10.3 Å². The van der Waals surface area contributed by atoms with Gasteiger partial charge in [-0.3, -0.25) is 19.1 Å². The predicted octanol–water partition coefficient (Wildman–Crippen LogP) is -0.405. The summed E-state index contributed by atoms with van der Waals surface area (Å²) in [5.41, 5.74) is -1.06. The Hall–Kier alpha value is -2.96. The Morgan fingerprint density at radius 2 is 1.97 bits per heavy atom. The summed E-state index contributed by atoms with van der Waals surface area (Å²) in [5.74, 6) is -0.387. The van der Waals surface area contributed by atoms with Gasteiger partial charge in [0.1, 0.15) is 17.2 Å². The van der Waals surface area contributed by atoms with Crippen LogP contribution in [0, 0.1) is 0 Å². The van der Waals surface area contributed by atoms with Crippen LogP contribution >= 0.6 is 0 Å². The number of rotatable bonds is 7. The lowest BCUT2D eigenvalue weighted by molar-refractivity contribution is -0.116. The van der Waals surface area contributed by atoms with E-state index in [1.807, 2.05) is 0 Å². The maximum Gasteiger partial charge on any atom is 0.328 e. The normalized spacial score (nSPS) is 15.0. The molecule has 1 aromatic carbocycles. The fraction of sp³-hybridized carbons (Fsp3) is 0.389. The van der Waals surface area contributed by atoms with Crippen LogP contribution in [0.25, 0.3) is 0 Å². The summed E-state index contributed by atoms with van der Waals surface area (Å²) in [6, 6.07) is 5.43. The Bertz CT molecular complexity index is 1130. The maximum atomic E-state index is 13.1. The van der Waals surface area contributed by atoms with Crippen molar-refractivity contribution in [3.8, 4) is 5.75 Å². The zero-order valence-electron chi connectivity index (χ0n) is 16.3. The Morgan fingerprint density at radius 1 is 1.23 bits per heavy atom. The highest BCUT2D eigenvalue weighted by Gasteiger charge is 2.29. The number of aromatic amines is 1. The van der Waals surface area contributed by atoms with Crippen molar-refractivity contribution in [2.45, 2.75) is 18.4 Å². The van der Waals surface area contributed by atoms with E-state index in [1.165, 1.54) is 28.7 Å². The third-order valence-electron chi connectivity index (χ3n) is 4.33. The number of anilines is 1. The van der Waals surface area contributed by atoms with Gasteiger partial charge in [-0.15, -0.1) is 0 Å². The first kappa shape index (κ1) is 21.7. The Kier molecular flexibility index (Phi) is 6.70. The van der Waals surface area contributed by atoms with Crippen LogP contribution in [0.15, 0.2) is 44.9 Å². The smallest absolute Gasteiger partial charge is 0.328 e. The van der Waals surface area contributed by atoms with Crippen LogP contribution in [0.4, 0.5) is 5.69 Å². The second kappa shape index (κ2) is 9.24. The van der Waals surface area contributed by atoms with Gasteiger partial charge < -0.3 is 14.8 Å². The molecular formula is C18H22N4O7S. The van der Waals surface area contributed by atoms with Gasteiger partial charge in [-0.05, 0) is 25.1 Å². The number of carbonyl (C=O) groups excluding carboxylic acids is 1. The van der Waals surface area contributed by atoms with Gasteiger partial charge in [0, 0.05) is 31.0 Å². The molecule has 162 valence electrons. The van der Waals surface area contributed by atoms with Crippen LogP contribution in [0.2, 0.25) is 0 Å². The number of nitrogens with one attached hydrogen (secondary N) is 2. The number of carbonyl (C=O) groups is 1. The van der Waals surface area contributed by atoms with E-state index in [-0.39, 0.29) is 42.6 Å². The molecule has 0 bridgehead atoms. The van der Waals surface area contributed by atoms with Gasteiger partial charge in [0.15, 0.2) is 0 Å². The van der Waals surface area contributed by atoms with E-state index in [1.54, 1.807) is 6.92 Å². The monoisotopic (exact) mass is 438 g/mol. The first-order valence-corrected chi connectivity index (χ1v) is 10.7. The van der Waals surface area contributed by atoms with Gasteiger partial charge in [0.25, 0.3) is 5.56 Å². The van der Waals surface area contributed by atoms with Crippen molar-refractivity contribution in [3.63, 3.8) is 0 Å². The molecule has 12 heteroatoms. The summed E-state index contributed by atoms with van der Waals surface area (Å²) >= 11 is 0. The molecule has 0 atom stereocenters. The Labute approximate surface area is 172 Å². The summed E-state index contributed by atoms with van der Waals surface area (Å²) in [6.07, 6.45) is 1.20. The number of ether oxygens (including phenoxy) is 2. The third kappa shape index (κ3) is 4.96. The molecule has 3 rings (SSSR count). The number of hydrogen-bond donors (Lipinski definition) is 2. The number of aromatic nitrogens is 2. The van der Waals surface area contributed by atoms with Gasteiger partial charge in [0.2, 0.25) is 15.9 Å². The minimum absolute atomic E-state index is 0.0646. The minimum Gasteiger partial charge on any atom is -0.492 e. The van der Waals surface area contributed by atoms with E-state index in [0.717, 1.165) is 10.6 Å². The van der Waals surface area contributed by atoms with Gasteiger partial charge in [-0.2, -0.15) is 4.31 Å². The summed E-state index contributed by atoms with van der Waals surface area (Å²) in [5, 5.41) is 2.56. The lowest BCUT2D eigenvalue weighted by atomic mass is 10.3. The standard InChI is InChI=1S/C18H22N4O7S/c1-2-29-14-4-3-13(11-15(14)30(26,27)22-7-9-28-10-8-22)19-17(24)12-21-6-5-16(23)20-18(21)25/h3-6,11H,2,7-10,12H2,1H3,(H,19,24)(H,20,23,25). The van der Waals surface area contributed by atoms with Crippen LogP contribution in [0.5, 0.6) is 5.75 Å². The quantitative estimate of drug-likeness (QED) is 0.599. The molecule has 30 heavy (non-hydrogen) atoms. The fourth-order valence-corrected chi connectivity index (χ4v) is 4.48. The molecule has 11 nitrogen and oxygen atoms in total. The molecule has 1 aromatic heterocycles. The number of sulfonamides is 1. The second-order valence-electron chi connectivity index (χ2n) is 6.40. The van der Waals surface area contributed by atoms with Gasteiger partial charge in [-0.25, -0.2) is 13.2 Å². The van der Waals surface area contributed by atoms with Crippen LogP contribution < -0.4 is 21.3 Å². The molecule has 2 heterocycles. The zero-order chi connectivity index (χ0) is 21.7. The largest absolute Gasteiger partial charge is 0.492 e. The highest BCUT2D eigenvalue weighted by Crippen LogP contribution is 2.30. The average Bonchev–Trinajstić information content (AvgIpc) is 2.72. The summed E-state index contributed by atoms with van der Waals surface area (Å²) < 4.78 is 39.2. The van der Waals surface area contributed by atoms with Crippen molar-refractivity contribution in [1.29, 1.82) is 0 Å². The molecule has 0 radical (unpaired) electrons. The molecule has 1 aliphatic rings. The van der Waals surface area contributed by atoms with Crippen molar-refractivity contribution < 1.29 is 22.7 Å². The summed E-state index contributed by atoms with van der Waals surface area (Å²) in [4.78, 5) is 37.1. The molecule has 0 unspecified atom stereocenters. The van der Waals surface area contributed by atoms with E-state index < -0.39 is 27.2 Å². The first-order valence-electron chi connectivity index (χ1n) is 9.25. The number of hydrogen-bond acceptors (Lipinski definition) is 7. The van der Waals surface area contributed by atoms with Crippen LogP contribution in [-0.2, 0) is 26.1 Å². The van der Waals surface area contributed by atoms with Gasteiger partial charge >= 0.3 is 5.69 Å². The average molecular weight is 438 g/mol. The fourth-order valence-electron chi connectivity index (χ4n) is 2.91. The lowest BCUT2D eigenvalue weighted by Crippen LogP contribution is -2.40. The van der Waals surface area contributed by atoms with E-state index >= 15 is 0 Å². The summed E-state index contributed by atoms with van der Waals surface area (Å²) in [7, 11) is -3.86. The van der Waals surface area contributed by atoms with Crippen molar-refractivity contribution in [1.82, 2.24) is 13.9 Å². The number of morpholine rings is 1. The van der Waals surface area contributed by atoms with Crippen LogP contribution in [0.1, 0.15) is 6.92 Å². The molecule has 1 aliphatic heterocycles. The Morgan fingerprint density at radius 3 is 2.63 bits per heavy atom. The Balaban J connectivity index is 1.85. The molecule has 2 N–H and O–H groups in total. The van der Waals surface area contributed by atoms with Crippen molar-refractivity contribution in [2.24, 2.45) is 0 Å². The lowest BCUT2D eigenvalue weighted by Gasteiger charge is -2.27. The van der Waals surface area contributed by atoms with Gasteiger partial charge in [-0.1, -0.05) is 0 Å². The molecule has 1 saturated heterocycles. The number of amides is 1. The molecule has 1 fully saturated rings. The molecule has 0 aliphatic carbocycles. The summed E-state index contributed by atoms with van der Waals surface area (Å²) in [6.45, 7) is 2.70. The van der Waals surface area contributed by atoms with Crippen molar-refractivity contribution >= 4 is 21.6 Å². The molecule has 0 saturated carbocycles. The first-order chi connectivity index (χ1) is 14.3. The highest BCUT2D eigenvalue weighted by molar-refractivity contribution is 7.89. The number of nitrogens with zero attached hydrogens (tertiary/aromatic N) is 2. The topological polar surface area (TPSA) is 140 Å². The highest BCUT2D eigenvalue weighted by atomic mass is 32.2. The van der Waals surface area contributed by atoms with Crippen molar-refractivity contribution in [3.05, 3.63) is 51.3 Å².